The highest BCUT2D eigenvalue weighted by Crippen LogP contribution is 2.23. The van der Waals surface area contributed by atoms with Gasteiger partial charge in [0.25, 0.3) is 5.91 Å². The molecule has 0 saturated carbocycles. The minimum Gasteiger partial charge on any atom is -0.382 e. The summed E-state index contributed by atoms with van der Waals surface area (Å²) in [5.74, 6) is 0.0752. The average molecular weight is 398 g/mol. The second-order valence-corrected chi connectivity index (χ2v) is 7.73. The van der Waals surface area contributed by atoms with E-state index in [1.165, 1.54) is 0 Å². The first kappa shape index (κ1) is 21.2. The number of carbonyl (C=O) groups is 2. The molecule has 0 unspecified atom stereocenters. The monoisotopic (exact) mass is 397 g/mol. The fraction of sp³-hybridized carbons (Fsp3) is 0.522. The number of aromatic nitrogens is 1. The number of hydrogen-bond donors (Lipinski definition) is 1. The number of nitrogens with zero attached hydrogens (tertiary/aromatic N) is 2. The third kappa shape index (κ3) is 5.32. The van der Waals surface area contributed by atoms with Crippen molar-refractivity contribution in [3.8, 4) is 0 Å². The van der Waals surface area contributed by atoms with Crippen molar-refractivity contribution in [2.45, 2.75) is 40.0 Å². The predicted octanol–water partition coefficient (Wildman–Crippen LogP) is 3.25. The molecule has 0 aliphatic carbocycles. The summed E-state index contributed by atoms with van der Waals surface area (Å²) in [6.07, 6.45) is 2.22. The maximum atomic E-state index is 13.1. The quantitative estimate of drug-likeness (QED) is 0.728. The van der Waals surface area contributed by atoms with Crippen LogP contribution in [-0.2, 0) is 9.53 Å². The number of pyridine rings is 1. The van der Waals surface area contributed by atoms with Gasteiger partial charge < -0.3 is 15.0 Å². The molecule has 1 fully saturated rings. The zero-order valence-electron chi connectivity index (χ0n) is 17.7. The van der Waals surface area contributed by atoms with Gasteiger partial charge in [-0.05, 0) is 58.2 Å². The van der Waals surface area contributed by atoms with E-state index < -0.39 is 0 Å². The summed E-state index contributed by atoms with van der Waals surface area (Å²) in [7, 11) is 0. The molecular formula is C23H31N3O3. The standard InChI is InChI=1S/C23H31N3O3/c1-4-29-13-5-10-24-22(27)18-8-11-26(12-9-18)23(28)20-15-19-14-16(2)6-7-21(19)25-17(20)3/h6-7,14-15,18H,4-5,8-13H2,1-3H3,(H,24,27). The van der Waals surface area contributed by atoms with Crippen molar-refractivity contribution in [3.05, 3.63) is 41.1 Å². The van der Waals surface area contributed by atoms with Gasteiger partial charge >= 0.3 is 0 Å². The van der Waals surface area contributed by atoms with Gasteiger partial charge in [-0.25, -0.2) is 0 Å². The summed E-state index contributed by atoms with van der Waals surface area (Å²) >= 11 is 0. The number of carbonyl (C=O) groups excluding carboxylic acids is 2. The Morgan fingerprint density at radius 2 is 1.97 bits per heavy atom. The lowest BCUT2D eigenvalue weighted by Crippen LogP contribution is -2.43. The lowest BCUT2D eigenvalue weighted by Gasteiger charge is -2.31. The highest BCUT2D eigenvalue weighted by atomic mass is 16.5. The van der Waals surface area contributed by atoms with Crippen LogP contribution in [0.25, 0.3) is 10.9 Å². The fourth-order valence-corrected chi connectivity index (χ4v) is 3.80. The first-order valence-electron chi connectivity index (χ1n) is 10.5. The van der Waals surface area contributed by atoms with Crippen LogP contribution in [0.1, 0.15) is 47.8 Å². The van der Waals surface area contributed by atoms with Gasteiger partial charge in [0.2, 0.25) is 5.91 Å². The van der Waals surface area contributed by atoms with Crippen molar-refractivity contribution in [1.29, 1.82) is 0 Å². The molecule has 29 heavy (non-hydrogen) atoms. The molecular weight excluding hydrogens is 366 g/mol. The van der Waals surface area contributed by atoms with Gasteiger partial charge in [-0.15, -0.1) is 0 Å². The van der Waals surface area contributed by atoms with Crippen LogP contribution >= 0.6 is 0 Å². The van der Waals surface area contributed by atoms with Gasteiger partial charge in [0.15, 0.2) is 0 Å². The Labute approximate surface area is 172 Å². The number of rotatable bonds is 7. The number of hydrogen-bond acceptors (Lipinski definition) is 4. The van der Waals surface area contributed by atoms with Crippen LogP contribution in [0.5, 0.6) is 0 Å². The molecule has 0 bridgehead atoms. The molecule has 1 aromatic carbocycles. The van der Waals surface area contributed by atoms with Crippen LogP contribution < -0.4 is 5.32 Å². The van der Waals surface area contributed by atoms with E-state index in [-0.39, 0.29) is 17.7 Å². The largest absolute Gasteiger partial charge is 0.382 e. The van der Waals surface area contributed by atoms with Crippen LogP contribution in [0, 0.1) is 19.8 Å². The fourth-order valence-electron chi connectivity index (χ4n) is 3.80. The number of benzene rings is 1. The Morgan fingerprint density at radius 1 is 1.21 bits per heavy atom. The lowest BCUT2D eigenvalue weighted by atomic mass is 9.95. The van der Waals surface area contributed by atoms with Crippen molar-refractivity contribution in [3.63, 3.8) is 0 Å². The molecule has 1 aliphatic rings. The van der Waals surface area contributed by atoms with Gasteiger partial charge in [-0.2, -0.15) is 0 Å². The summed E-state index contributed by atoms with van der Waals surface area (Å²) in [4.78, 5) is 31.9. The van der Waals surface area contributed by atoms with E-state index in [0.29, 0.717) is 51.3 Å². The van der Waals surface area contributed by atoms with Crippen molar-refractivity contribution < 1.29 is 14.3 Å². The SMILES string of the molecule is CCOCCCNC(=O)C1CCN(C(=O)c2cc3cc(C)ccc3nc2C)CC1. The first-order valence-corrected chi connectivity index (χ1v) is 10.5. The highest BCUT2D eigenvalue weighted by molar-refractivity contribution is 5.98. The number of nitrogens with one attached hydrogen (secondary N) is 1. The van der Waals surface area contributed by atoms with E-state index in [2.05, 4.69) is 16.4 Å². The molecule has 3 rings (SSSR count). The third-order valence-corrected chi connectivity index (χ3v) is 5.51. The molecule has 6 heteroatoms. The number of ether oxygens (including phenoxy) is 1. The Kier molecular flexibility index (Phi) is 7.20. The second-order valence-electron chi connectivity index (χ2n) is 7.73. The van der Waals surface area contributed by atoms with Gasteiger partial charge in [-0.3, -0.25) is 14.6 Å². The van der Waals surface area contributed by atoms with E-state index >= 15 is 0 Å². The van der Waals surface area contributed by atoms with Crippen molar-refractivity contribution >= 4 is 22.7 Å². The molecule has 1 N–H and O–H groups in total. The van der Waals surface area contributed by atoms with Crippen LogP contribution in [0.15, 0.2) is 24.3 Å². The van der Waals surface area contributed by atoms with E-state index in [1.807, 2.05) is 43.9 Å². The summed E-state index contributed by atoms with van der Waals surface area (Å²) in [6.45, 7) is 9.09. The second kappa shape index (κ2) is 9.83. The number of amides is 2. The van der Waals surface area contributed by atoms with Gasteiger partial charge in [0.05, 0.1) is 16.8 Å². The van der Waals surface area contributed by atoms with Gasteiger partial charge in [-0.1, -0.05) is 11.6 Å². The Balaban J connectivity index is 1.57. The van der Waals surface area contributed by atoms with Crippen LogP contribution in [-0.4, -0.2) is 54.5 Å². The minimum absolute atomic E-state index is 0.00831. The Bertz CT molecular complexity index is 873. The van der Waals surface area contributed by atoms with E-state index in [0.717, 1.165) is 28.6 Å². The molecule has 0 radical (unpaired) electrons. The topological polar surface area (TPSA) is 71.5 Å². The molecule has 1 saturated heterocycles. The Hall–Kier alpha value is -2.47. The normalized spacial score (nSPS) is 14.9. The molecule has 1 aromatic heterocycles. The summed E-state index contributed by atoms with van der Waals surface area (Å²) in [5.41, 5.74) is 3.46. The van der Waals surface area contributed by atoms with Crippen molar-refractivity contribution in [1.82, 2.24) is 15.2 Å². The maximum absolute atomic E-state index is 13.1. The zero-order chi connectivity index (χ0) is 20.8. The molecule has 1 aliphatic heterocycles. The minimum atomic E-state index is -0.0235. The maximum Gasteiger partial charge on any atom is 0.255 e. The average Bonchev–Trinajstić information content (AvgIpc) is 2.73. The van der Waals surface area contributed by atoms with E-state index in [1.54, 1.807) is 0 Å². The third-order valence-electron chi connectivity index (χ3n) is 5.51. The van der Waals surface area contributed by atoms with Crippen molar-refractivity contribution in [2.75, 3.05) is 32.8 Å². The smallest absolute Gasteiger partial charge is 0.255 e. The molecule has 2 heterocycles. The molecule has 0 spiro atoms. The van der Waals surface area contributed by atoms with E-state index in [9.17, 15) is 9.59 Å². The van der Waals surface area contributed by atoms with Crippen LogP contribution in [0.2, 0.25) is 0 Å². The van der Waals surface area contributed by atoms with Crippen molar-refractivity contribution in [2.24, 2.45) is 5.92 Å². The molecule has 6 nitrogen and oxygen atoms in total. The molecule has 2 aromatic rings. The number of piperidine rings is 1. The lowest BCUT2D eigenvalue weighted by molar-refractivity contribution is -0.126. The predicted molar refractivity (Wildman–Crippen MR) is 114 cm³/mol. The highest BCUT2D eigenvalue weighted by Gasteiger charge is 2.28. The zero-order valence-corrected chi connectivity index (χ0v) is 17.7. The van der Waals surface area contributed by atoms with Crippen LogP contribution in [0.4, 0.5) is 0 Å². The Morgan fingerprint density at radius 3 is 2.69 bits per heavy atom. The van der Waals surface area contributed by atoms with Gasteiger partial charge in [0, 0.05) is 44.2 Å². The van der Waals surface area contributed by atoms with E-state index in [4.69, 9.17) is 4.74 Å². The van der Waals surface area contributed by atoms with Crippen LogP contribution in [0.3, 0.4) is 0 Å². The summed E-state index contributed by atoms with van der Waals surface area (Å²) in [5, 5.41) is 3.98. The first-order chi connectivity index (χ1) is 14.0. The van der Waals surface area contributed by atoms with Gasteiger partial charge in [0.1, 0.15) is 0 Å². The molecule has 0 atom stereocenters. The molecule has 2 amide bonds. The number of fused-ring (bicyclic) bond motifs is 1. The summed E-state index contributed by atoms with van der Waals surface area (Å²) < 4.78 is 5.29. The summed E-state index contributed by atoms with van der Waals surface area (Å²) in [6, 6.07) is 8.03. The molecule has 156 valence electrons. The number of likely N-dealkylation sites (tertiary alicyclic amines) is 1. The number of aryl methyl sites for hydroxylation is 2.